The lowest BCUT2D eigenvalue weighted by molar-refractivity contribution is -0.127. The van der Waals surface area contributed by atoms with Gasteiger partial charge in [-0.15, -0.1) is 0 Å². The summed E-state index contributed by atoms with van der Waals surface area (Å²) in [6.45, 7) is 6.11. The van der Waals surface area contributed by atoms with Crippen LogP contribution in [-0.4, -0.2) is 18.4 Å². The topological polar surface area (TPSA) is 55.4 Å². The van der Waals surface area contributed by atoms with Gasteiger partial charge in [-0.05, 0) is 18.4 Å². The Hall–Kier alpha value is -1.84. The van der Waals surface area contributed by atoms with Crippen LogP contribution < -0.4 is 5.32 Å². The minimum Gasteiger partial charge on any atom is -0.445 e. The summed E-state index contributed by atoms with van der Waals surface area (Å²) in [4.78, 5) is 23.6. The van der Waals surface area contributed by atoms with Crippen LogP contribution in [0.2, 0.25) is 0 Å². The maximum atomic E-state index is 12.0. The molecule has 0 saturated carbocycles. The Morgan fingerprint density at radius 2 is 1.75 bits per heavy atom. The summed E-state index contributed by atoms with van der Waals surface area (Å²) in [5, 5.41) is 2.52. The maximum absolute atomic E-state index is 12.0. The number of carbonyl (C=O) groups is 2. The van der Waals surface area contributed by atoms with E-state index in [0.29, 0.717) is 0 Å². The molecule has 0 aliphatic heterocycles. The molecule has 0 saturated heterocycles. The quantitative estimate of drug-likeness (QED) is 0.832. The van der Waals surface area contributed by atoms with Crippen LogP contribution in [0.25, 0.3) is 0 Å². The third-order valence-corrected chi connectivity index (χ3v) is 3.84. The fourth-order valence-electron chi connectivity index (χ4n) is 1.78. The van der Waals surface area contributed by atoms with Crippen molar-refractivity contribution in [3.8, 4) is 0 Å². The molecule has 1 rings (SSSR count). The van der Waals surface area contributed by atoms with E-state index in [2.05, 4.69) is 5.32 Å². The average molecular weight is 277 g/mol. The van der Waals surface area contributed by atoms with E-state index in [4.69, 9.17) is 4.74 Å². The molecule has 4 heteroatoms. The fourth-order valence-corrected chi connectivity index (χ4v) is 1.78. The Morgan fingerprint density at radius 3 is 2.30 bits per heavy atom. The van der Waals surface area contributed by atoms with Gasteiger partial charge in [0, 0.05) is 5.41 Å². The summed E-state index contributed by atoms with van der Waals surface area (Å²) in [6, 6.07) is 9.42. The summed E-state index contributed by atoms with van der Waals surface area (Å²) in [6.07, 6.45) is 0.975. The molecular weight excluding hydrogens is 254 g/mol. The zero-order chi connectivity index (χ0) is 15.0. The monoisotopic (exact) mass is 277 g/mol. The molecule has 0 unspecified atom stereocenters. The van der Waals surface area contributed by atoms with Crippen molar-refractivity contribution in [1.82, 2.24) is 5.32 Å². The number of alkyl carbamates (subject to hydrolysis) is 1. The van der Waals surface area contributed by atoms with E-state index in [1.807, 2.05) is 51.1 Å². The molecule has 0 bridgehead atoms. The van der Waals surface area contributed by atoms with Gasteiger partial charge in [0.2, 0.25) is 0 Å². The first-order valence-electron chi connectivity index (χ1n) is 6.99. The number of nitrogens with one attached hydrogen (secondary N) is 1. The van der Waals surface area contributed by atoms with Crippen LogP contribution in [0, 0.1) is 5.41 Å². The highest BCUT2D eigenvalue weighted by molar-refractivity contribution is 5.88. The third kappa shape index (κ3) is 4.68. The van der Waals surface area contributed by atoms with Gasteiger partial charge in [-0.1, -0.05) is 51.1 Å². The number of ketones is 1. The molecule has 0 atom stereocenters. The summed E-state index contributed by atoms with van der Waals surface area (Å²) in [5.41, 5.74) is 0.549. The SMILES string of the molecule is CCC(C)(CC)C(=O)CNC(=O)OCc1ccccc1. The van der Waals surface area contributed by atoms with Gasteiger partial charge >= 0.3 is 6.09 Å². The molecule has 0 spiro atoms. The minimum atomic E-state index is -0.559. The molecule has 0 radical (unpaired) electrons. The second-order valence-corrected chi connectivity index (χ2v) is 5.11. The predicted molar refractivity (Wildman–Crippen MR) is 78.3 cm³/mol. The highest BCUT2D eigenvalue weighted by Gasteiger charge is 2.28. The van der Waals surface area contributed by atoms with Gasteiger partial charge in [-0.2, -0.15) is 0 Å². The summed E-state index contributed by atoms with van der Waals surface area (Å²) >= 11 is 0. The van der Waals surface area contributed by atoms with Gasteiger partial charge in [0.1, 0.15) is 6.61 Å². The van der Waals surface area contributed by atoms with Crippen molar-refractivity contribution >= 4 is 11.9 Å². The standard InChI is InChI=1S/C16H23NO3/c1-4-16(3,5-2)14(18)11-17-15(19)20-12-13-9-7-6-8-10-13/h6-10H,4-5,11-12H2,1-3H3,(H,17,19). The molecule has 0 aliphatic rings. The fraction of sp³-hybridized carbons (Fsp3) is 0.500. The first-order chi connectivity index (χ1) is 9.51. The van der Waals surface area contributed by atoms with Gasteiger partial charge < -0.3 is 10.1 Å². The second-order valence-electron chi connectivity index (χ2n) is 5.11. The Bertz CT molecular complexity index is 438. The Labute approximate surface area is 120 Å². The van der Waals surface area contributed by atoms with Crippen molar-refractivity contribution in [2.45, 2.75) is 40.2 Å². The van der Waals surface area contributed by atoms with Gasteiger partial charge in [0.25, 0.3) is 0 Å². The van der Waals surface area contributed by atoms with Gasteiger partial charge in [0.15, 0.2) is 5.78 Å². The lowest BCUT2D eigenvalue weighted by Gasteiger charge is -2.24. The van der Waals surface area contributed by atoms with Crippen LogP contribution in [-0.2, 0) is 16.1 Å². The van der Waals surface area contributed by atoms with Crippen LogP contribution in [0.1, 0.15) is 39.2 Å². The zero-order valence-electron chi connectivity index (χ0n) is 12.4. The highest BCUT2D eigenvalue weighted by Crippen LogP contribution is 2.25. The molecule has 20 heavy (non-hydrogen) atoms. The second kappa shape index (κ2) is 7.68. The molecule has 1 N–H and O–H groups in total. The Morgan fingerprint density at radius 1 is 1.15 bits per heavy atom. The number of carbonyl (C=O) groups excluding carboxylic acids is 2. The molecule has 4 nitrogen and oxygen atoms in total. The third-order valence-electron chi connectivity index (χ3n) is 3.84. The number of Topliss-reactive ketones (excluding diaryl/α,β-unsaturated/α-hetero) is 1. The zero-order valence-corrected chi connectivity index (χ0v) is 12.4. The van der Waals surface area contributed by atoms with Crippen molar-refractivity contribution in [3.63, 3.8) is 0 Å². The first kappa shape index (κ1) is 16.2. The number of amides is 1. The van der Waals surface area contributed by atoms with Gasteiger partial charge in [-0.25, -0.2) is 4.79 Å². The van der Waals surface area contributed by atoms with Crippen LogP contribution in [0.4, 0.5) is 4.79 Å². The van der Waals surface area contributed by atoms with E-state index in [9.17, 15) is 9.59 Å². The lowest BCUT2D eigenvalue weighted by atomic mass is 9.80. The molecule has 110 valence electrons. The van der Waals surface area contributed by atoms with E-state index in [1.165, 1.54) is 0 Å². The van der Waals surface area contributed by atoms with Crippen LogP contribution in [0.5, 0.6) is 0 Å². The Balaban J connectivity index is 2.35. The number of ether oxygens (including phenoxy) is 1. The van der Waals surface area contributed by atoms with Gasteiger partial charge in [0.05, 0.1) is 6.54 Å². The largest absolute Gasteiger partial charge is 0.445 e. The predicted octanol–water partition coefficient (Wildman–Crippen LogP) is 3.31. The number of hydrogen-bond donors (Lipinski definition) is 1. The van der Waals surface area contributed by atoms with Crippen molar-refractivity contribution in [3.05, 3.63) is 35.9 Å². The molecule has 1 aromatic carbocycles. The summed E-state index contributed by atoms with van der Waals surface area (Å²) in [5.74, 6) is 0.0409. The molecular formula is C16H23NO3. The smallest absolute Gasteiger partial charge is 0.407 e. The lowest BCUT2D eigenvalue weighted by Crippen LogP contribution is -2.38. The van der Waals surface area contributed by atoms with Crippen LogP contribution in [0.15, 0.2) is 30.3 Å². The molecule has 0 fully saturated rings. The van der Waals surface area contributed by atoms with Gasteiger partial charge in [-0.3, -0.25) is 4.79 Å². The van der Waals surface area contributed by atoms with Crippen molar-refractivity contribution in [1.29, 1.82) is 0 Å². The molecule has 0 aromatic heterocycles. The highest BCUT2D eigenvalue weighted by atomic mass is 16.5. The normalized spacial score (nSPS) is 10.9. The number of benzene rings is 1. The minimum absolute atomic E-state index is 0.0196. The van der Waals surface area contributed by atoms with Crippen molar-refractivity contribution in [2.24, 2.45) is 5.41 Å². The molecule has 1 amide bonds. The van der Waals surface area contributed by atoms with Crippen molar-refractivity contribution < 1.29 is 14.3 Å². The Kier molecular flexibility index (Phi) is 6.22. The van der Waals surface area contributed by atoms with E-state index < -0.39 is 6.09 Å². The molecule has 0 heterocycles. The van der Waals surface area contributed by atoms with E-state index >= 15 is 0 Å². The maximum Gasteiger partial charge on any atom is 0.407 e. The van der Waals surface area contributed by atoms with E-state index in [0.717, 1.165) is 18.4 Å². The van der Waals surface area contributed by atoms with Crippen LogP contribution >= 0.6 is 0 Å². The van der Waals surface area contributed by atoms with E-state index in [-0.39, 0.29) is 24.3 Å². The molecule has 1 aromatic rings. The molecule has 0 aliphatic carbocycles. The number of rotatable bonds is 7. The van der Waals surface area contributed by atoms with E-state index in [1.54, 1.807) is 0 Å². The van der Waals surface area contributed by atoms with Crippen molar-refractivity contribution in [2.75, 3.05) is 6.54 Å². The summed E-state index contributed by atoms with van der Waals surface area (Å²) in [7, 11) is 0. The van der Waals surface area contributed by atoms with Crippen LogP contribution in [0.3, 0.4) is 0 Å². The first-order valence-corrected chi connectivity index (χ1v) is 6.99. The average Bonchev–Trinajstić information content (AvgIpc) is 2.50. The number of hydrogen-bond acceptors (Lipinski definition) is 3. The summed E-state index contributed by atoms with van der Waals surface area (Å²) < 4.78 is 5.06.